The number of benzene rings is 1. The van der Waals surface area contributed by atoms with Gasteiger partial charge in [0, 0.05) is 23.5 Å². The molecule has 0 aliphatic rings. The Morgan fingerprint density at radius 2 is 2.06 bits per heavy atom. The lowest BCUT2D eigenvalue weighted by Gasteiger charge is -2.05. The van der Waals surface area contributed by atoms with E-state index in [1.54, 1.807) is 29.0 Å². The van der Waals surface area contributed by atoms with Gasteiger partial charge >= 0.3 is 5.97 Å². The smallest absolute Gasteiger partial charge is 0.336 e. The molecular weight excluding hydrogens is 206 g/mol. The Kier molecular flexibility index (Phi) is 2.48. The molecule has 0 radical (unpaired) electrons. The summed E-state index contributed by atoms with van der Waals surface area (Å²) in [5.41, 5.74) is 0.0148. The van der Waals surface area contributed by atoms with Crippen LogP contribution in [0.5, 0.6) is 0 Å². The molecule has 2 rings (SSSR count). The van der Waals surface area contributed by atoms with Gasteiger partial charge < -0.3 is 9.67 Å². The van der Waals surface area contributed by atoms with Gasteiger partial charge in [0.05, 0.1) is 5.56 Å². The molecule has 0 bridgehead atoms. The Morgan fingerprint density at radius 1 is 1.31 bits per heavy atom. The number of carboxylic acids is 1. The van der Waals surface area contributed by atoms with E-state index in [9.17, 15) is 9.59 Å². The minimum Gasteiger partial charge on any atom is -0.478 e. The van der Waals surface area contributed by atoms with Crippen LogP contribution in [0.2, 0.25) is 0 Å². The summed E-state index contributed by atoms with van der Waals surface area (Å²) in [6, 6.07) is 6.41. The van der Waals surface area contributed by atoms with Crippen LogP contribution >= 0.6 is 0 Å². The number of hydrogen-bond acceptors (Lipinski definition) is 2. The van der Waals surface area contributed by atoms with Crippen molar-refractivity contribution >= 4 is 16.7 Å². The molecule has 0 atom stereocenters. The zero-order valence-corrected chi connectivity index (χ0v) is 8.80. The summed E-state index contributed by atoms with van der Waals surface area (Å²) in [7, 11) is 0. The predicted molar refractivity (Wildman–Crippen MR) is 60.8 cm³/mol. The number of carbonyl (C=O) groups is 1. The van der Waals surface area contributed by atoms with Gasteiger partial charge in [0.1, 0.15) is 0 Å². The standard InChI is InChI=1S/C12H11NO3/c1-2-13-7-6-8-9(11(13)14)4-3-5-10(8)12(15)16/h3-7H,2H2,1H3,(H,15,16). The summed E-state index contributed by atoms with van der Waals surface area (Å²) in [4.78, 5) is 22.9. The van der Waals surface area contributed by atoms with Gasteiger partial charge in [0.15, 0.2) is 0 Å². The van der Waals surface area contributed by atoms with Crippen molar-refractivity contribution in [1.29, 1.82) is 0 Å². The molecule has 0 spiro atoms. The number of rotatable bonds is 2. The van der Waals surface area contributed by atoms with Gasteiger partial charge in [-0.15, -0.1) is 0 Å². The fraction of sp³-hybridized carbons (Fsp3) is 0.167. The van der Waals surface area contributed by atoms with Gasteiger partial charge in [-0.1, -0.05) is 6.07 Å². The summed E-state index contributed by atoms with van der Waals surface area (Å²) in [5, 5.41) is 9.93. The van der Waals surface area contributed by atoms with Crippen molar-refractivity contribution in [3.8, 4) is 0 Å². The van der Waals surface area contributed by atoms with Crippen LogP contribution in [0.25, 0.3) is 10.8 Å². The van der Waals surface area contributed by atoms with Crippen LogP contribution in [0.4, 0.5) is 0 Å². The van der Waals surface area contributed by atoms with Gasteiger partial charge in [0.2, 0.25) is 0 Å². The third-order valence-corrected chi connectivity index (χ3v) is 2.59. The number of aromatic carboxylic acids is 1. The zero-order chi connectivity index (χ0) is 11.7. The molecule has 0 saturated heterocycles. The Balaban J connectivity index is 2.88. The van der Waals surface area contributed by atoms with Crippen molar-refractivity contribution in [2.75, 3.05) is 0 Å². The monoisotopic (exact) mass is 217 g/mol. The number of hydrogen-bond donors (Lipinski definition) is 1. The Morgan fingerprint density at radius 3 is 2.69 bits per heavy atom. The Hall–Kier alpha value is -2.10. The average molecular weight is 217 g/mol. The van der Waals surface area contributed by atoms with E-state index in [0.29, 0.717) is 17.3 Å². The minimum atomic E-state index is -1.01. The zero-order valence-electron chi connectivity index (χ0n) is 8.80. The third-order valence-electron chi connectivity index (χ3n) is 2.59. The number of pyridine rings is 1. The second-order valence-corrected chi connectivity index (χ2v) is 3.48. The summed E-state index contributed by atoms with van der Waals surface area (Å²) in [6.07, 6.45) is 1.62. The lowest BCUT2D eigenvalue weighted by Crippen LogP contribution is -2.18. The van der Waals surface area contributed by atoms with Crippen LogP contribution in [-0.4, -0.2) is 15.6 Å². The molecule has 1 aromatic heterocycles. The van der Waals surface area contributed by atoms with E-state index in [-0.39, 0.29) is 11.1 Å². The van der Waals surface area contributed by atoms with E-state index < -0.39 is 5.97 Å². The van der Waals surface area contributed by atoms with E-state index in [0.717, 1.165) is 0 Å². The molecule has 2 aromatic rings. The molecule has 0 fully saturated rings. The lowest BCUT2D eigenvalue weighted by atomic mass is 10.1. The largest absolute Gasteiger partial charge is 0.478 e. The molecule has 0 aliphatic heterocycles. The fourth-order valence-corrected chi connectivity index (χ4v) is 1.75. The molecule has 0 aliphatic carbocycles. The van der Waals surface area contributed by atoms with Crippen LogP contribution in [0.15, 0.2) is 35.3 Å². The van der Waals surface area contributed by atoms with Gasteiger partial charge in [0.25, 0.3) is 5.56 Å². The van der Waals surface area contributed by atoms with Gasteiger partial charge in [-0.25, -0.2) is 4.79 Å². The first-order valence-corrected chi connectivity index (χ1v) is 5.00. The first-order valence-electron chi connectivity index (χ1n) is 5.00. The molecule has 82 valence electrons. The molecule has 4 heteroatoms. The van der Waals surface area contributed by atoms with Crippen molar-refractivity contribution in [1.82, 2.24) is 4.57 Å². The van der Waals surface area contributed by atoms with Crippen LogP contribution in [0, 0.1) is 0 Å². The maximum atomic E-state index is 11.9. The molecule has 0 saturated carbocycles. The van der Waals surface area contributed by atoms with Crippen molar-refractivity contribution < 1.29 is 9.90 Å². The van der Waals surface area contributed by atoms with Gasteiger partial charge in [-0.05, 0) is 25.1 Å². The molecule has 16 heavy (non-hydrogen) atoms. The van der Waals surface area contributed by atoms with Crippen molar-refractivity contribution in [2.24, 2.45) is 0 Å². The highest BCUT2D eigenvalue weighted by atomic mass is 16.4. The molecule has 4 nitrogen and oxygen atoms in total. The number of aryl methyl sites for hydroxylation is 1. The van der Waals surface area contributed by atoms with Crippen molar-refractivity contribution in [3.63, 3.8) is 0 Å². The molecular formula is C12H11NO3. The normalized spacial score (nSPS) is 10.6. The topological polar surface area (TPSA) is 59.3 Å². The molecule has 1 heterocycles. The van der Waals surface area contributed by atoms with Crippen LogP contribution in [0.3, 0.4) is 0 Å². The first kappa shape index (κ1) is 10.4. The maximum Gasteiger partial charge on any atom is 0.336 e. The van der Waals surface area contributed by atoms with Gasteiger partial charge in [-0.3, -0.25) is 4.79 Å². The van der Waals surface area contributed by atoms with Crippen molar-refractivity contribution in [2.45, 2.75) is 13.5 Å². The van der Waals surface area contributed by atoms with Crippen molar-refractivity contribution in [3.05, 3.63) is 46.4 Å². The summed E-state index contributed by atoms with van der Waals surface area (Å²) >= 11 is 0. The summed E-state index contributed by atoms with van der Waals surface area (Å²) in [5.74, 6) is -1.01. The van der Waals surface area contributed by atoms with E-state index in [1.165, 1.54) is 6.07 Å². The highest BCUT2D eigenvalue weighted by molar-refractivity contribution is 6.03. The van der Waals surface area contributed by atoms with Crippen LogP contribution < -0.4 is 5.56 Å². The first-order chi connectivity index (χ1) is 7.65. The van der Waals surface area contributed by atoms with Crippen LogP contribution in [0.1, 0.15) is 17.3 Å². The second-order valence-electron chi connectivity index (χ2n) is 3.48. The minimum absolute atomic E-state index is 0.150. The third kappa shape index (κ3) is 1.48. The summed E-state index contributed by atoms with van der Waals surface area (Å²) < 4.78 is 1.55. The second kappa shape index (κ2) is 3.81. The molecule has 1 N–H and O–H groups in total. The number of fused-ring (bicyclic) bond motifs is 1. The van der Waals surface area contributed by atoms with E-state index in [4.69, 9.17) is 5.11 Å². The van der Waals surface area contributed by atoms with E-state index in [2.05, 4.69) is 0 Å². The highest BCUT2D eigenvalue weighted by Crippen LogP contribution is 2.15. The molecule has 0 amide bonds. The van der Waals surface area contributed by atoms with E-state index in [1.807, 2.05) is 6.92 Å². The SMILES string of the molecule is CCn1ccc2c(C(=O)O)cccc2c1=O. The molecule has 0 unspecified atom stereocenters. The number of nitrogens with zero attached hydrogens (tertiary/aromatic N) is 1. The van der Waals surface area contributed by atoms with E-state index >= 15 is 0 Å². The average Bonchev–Trinajstić information content (AvgIpc) is 2.29. The Bertz CT molecular complexity index is 613. The number of carboxylic acid groups (broad SMARTS) is 1. The maximum absolute atomic E-state index is 11.9. The highest BCUT2D eigenvalue weighted by Gasteiger charge is 2.10. The summed E-state index contributed by atoms with van der Waals surface area (Å²) in [6.45, 7) is 2.44. The lowest BCUT2D eigenvalue weighted by molar-refractivity contribution is 0.0699. The quantitative estimate of drug-likeness (QED) is 0.833. The van der Waals surface area contributed by atoms with Crippen LogP contribution in [-0.2, 0) is 6.54 Å². The van der Waals surface area contributed by atoms with Gasteiger partial charge in [-0.2, -0.15) is 0 Å². The fourth-order valence-electron chi connectivity index (χ4n) is 1.75. The molecule has 1 aromatic carbocycles. The predicted octanol–water partition coefficient (Wildman–Crippen LogP) is 1.72. The Labute approximate surface area is 91.8 Å². The number of aromatic nitrogens is 1.